The van der Waals surface area contributed by atoms with Gasteiger partial charge in [0.2, 0.25) is 0 Å². The van der Waals surface area contributed by atoms with E-state index in [9.17, 15) is 0 Å². The number of nitrogens with one attached hydrogen (secondary N) is 3. The van der Waals surface area contributed by atoms with Crippen molar-refractivity contribution in [2.45, 2.75) is 12.8 Å². The Kier molecular flexibility index (Phi) is 3.52. The van der Waals surface area contributed by atoms with Crippen LogP contribution in [0.3, 0.4) is 0 Å². The Morgan fingerprint density at radius 3 is 3.10 bits per heavy atom. The predicted molar refractivity (Wildman–Crippen MR) is 115 cm³/mol. The number of anilines is 3. The number of hydrogen-bond donors (Lipinski definition) is 3. The molecular weight excluding hydrogens is 362 g/mol. The molecule has 0 bridgehead atoms. The Hall–Kier alpha value is -3.87. The Bertz CT molecular complexity index is 1350. The fourth-order valence-corrected chi connectivity index (χ4v) is 3.93. The molecule has 6 rings (SSSR count). The van der Waals surface area contributed by atoms with Crippen LogP contribution in [0, 0.1) is 0 Å². The Labute approximate surface area is 166 Å². The normalized spacial score (nSPS) is 13.4. The first-order valence-corrected chi connectivity index (χ1v) is 9.74. The van der Waals surface area contributed by atoms with Crippen molar-refractivity contribution in [3.05, 3.63) is 66.7 Å². The van der Waals surface area contributed by atoms with E-state index >= 15 is 0 Å². The van der Waals surface area contributed by atoms with Crippen molar-refractivity contribution in [2.24, 2.45) is 0 Å². The van der Waals surface area contributed by atoms with E-state index in [0.717, 1.165) is 52.3 Å². The van der Waals surface area contributed by atoms with Crippen LogP contribution in [0.5, 0.6) is 0 Å². The highest BCUT2D eigenvalue weighted by atomic mass is 15.1. The monoisotopic (exact) mass is 381 g/mol. The van der Waals surface area contributed by atoms with E-state index < -0.39 is 0 Å². The van der Waals surface area contributed by atoms with Crippen molar-refractivity contribution >= 4 is 33.7 Å². The van der Waals surface area contributed by atoms with Crippen LogP contribution in [0.25, 0.3) is 27.8 Å². The summed E-state index contributed by atoms with van der Waals surface area (Å²) in [6.07, 6.45) is 9.85. The number of H-pyrrole nitrogens is 1. The molecule has 0 atom stereocenters. The highest BCUT2D eigenvalue weighted by Crippen LogP contribution is 2.29. The molecule has 3 N–H and O–H groups in total. The molecule has 0 saturated carbocycles. The van der Waals surface area contributed by atoms with Gasteiger partial charge in [-0.25, -0.2) is 9.97 Å². The molecule has 0 aliphatic carbocycles. The van der Waals surface area contributed by atoms with Crippen LogP contribution < -0.4 is 10.6 Å². The van der Waals surface area contributed by atoms with Gasteiger partial charge in [-0.3, -0.25) is 5.10 Å². The summed E-state index contributed by atoms with van der Waals surface area (Å²) in [4.78, 5) is 9.38. The highest BCUT2D eigenvalue weighted by Gasteiger charge is 2.13. The summed E-state index contributed by atoms with van der Waals surface area (Å²) < 4.78 is 2.00. The third-order valence-electron chi connectivity index (χ3n) is 5.42. The Morgan fingerprint density at radius 1 is 1.10 bits per heavy atom. The number of aryl methyl sites for hydroxylation is 1. The number of imidazole rings is 1. The van der Waals surface area contributed by atoms with Crippen LogP contribution in [-0.2, 0) is 6.42 Å². The summed E-state index contributed by atoms with van der Waals surface area (Å²) in [5.74, 6) is 0.730. The lowest BCUT2D eigenvalue weighted by molar-refractivity contribution is 0.830. The van der Waals surface area contributed by atoms with Crippen LogP contribution >= 0.6 is 0 Å². The van der Waals surface area contributed by atoms with Gasteiger partial charge in [-0.2, -0.15) is 5.10 Å². The van der Waals surface area contributed by atoms with E-state index in [1.54, 1.807) is 6.20 Å². The summed E-state index contributed by atoms with van der Waals surface area (Å²) in [7, 11) is 0. The molecule has 0 fully saturated rings. The molecule has 1 aliphatic rings. The number of rotatable bonds is 3. The van der Waals surface area contributed by atoms with Crippen molar-refractivity contribution in [1.29, 1.82) is 0 Å². The number of fused-ring (bicyclic) bond motifs is 3. The molecule has 2 aromatic carbocycles. The zero-order valence-electron chi connectivity index (χ0n) is 15.7. The molecule has 0 radical (unpaired) electrons. The fraction of sp³-hybridized carbons (Fsp3) is 0.136. The van der Waals surface area contributed by atoms with Crippen molar-refractivity contribution in [3.8, 4) is 11.3 Å². The van der Waals surface area contributed by atoms with Gasteiger partial charge in [0.1, 0.15) is 0 Å². The Morgan fingerprint density at radius 2 is 2.10 bits per heavy atom. The highest BCUT2D eigenvalue weighted by molar-refractivity contribution is 5.84. The van der Waals surface area contributed by atoms with Gasteiger partial charge in [-0.05, 0) is 36.6 Å². The van der Waals surface area contributed by atoms with E-state index in [1.807, 2.05) is 23.0 Å². The minimum Gasteiger partial charge on any atom is -0.385 e. The standard InChI is InChI=1S/C22H19N7/c1-2-14-5-6-17(11-18(14)23-7-1)26-21-22-24-8-9-29(22)13-20(27-21)15-3-4-16-12-25-28-19(16)10-15/h3-6,8-13,23H,1-2,7H2,(H,25,28)(H,26,27). The third-order valence-corrected chi connectivity index (χ3v) is 5.42. The first-order chi connectivity index (χ1) is 14.3. The maximum absolute atomic E-state index is 4.89. The molecule has 0 saturated heterocycles. The SMILES string of the molecule is c1cn2cc(-c3ccc4cn[nH]c4c3)nc(Nc3ccc4c(c3)NCCC4)c2n1. The number of nitrogens with zero attached hydrogens (tertiary/aromatic N) is 4. The average Bonchev–Trinajstić information content (AvgIpc) is 3.42. The maximum Gasteiger partial charge on any atom is 0.180 e. The van der Waals surface area contributed by atoms with E-state index in [4.69, 9.17) is 4.98 Å². The van der Waals surface area contributed by atoms with Gasteiger partial charge in [0.25, 0.3) is 0 Å². The second kappa shape index (κ2) is 6.34. The maximum atomic E-state index is 4.89. The molecule has 0 unspecified atom stereocenters. The second-order valence-electron chi connectivity index (χ2n) is 7.33. The number of benzene rings is 2. The van der Waals surface area contributed by atoms with E-state index in [1.165, 1.54) is 17.7 Å². The second-order valence-corrected chi connectivity index (χ2v) is 7.33. The molecule has 0 spiro atoms. The topological polar surface area (TPSA) is 82.9 Å². The molecule has 4 heterocycles. The Balaban J connectivity index is 1.43. The van der Waals surface area contributed by atoms with Crippen LogP contribution in [0.15, 0.2) is 61.2 Å². The summed E-state index contributed by atoms with van der Waals surface area (Å²) in [6, 6.07) is 12.6. The van der Waals surface area contributed by atoms with E-state index in [0.29, 0.717) is 0 Å². The van der Waals surface area contributed by atoms with Crippen LogP contribution in [0.4, 0.5) is 17.2 Å². The molecule has 29 heavy (non-hydrogen) atoms. The van der Waals surface area contributed by atoms with Gasteiger partial charge >= 0.3 is 0 Å². The number of aromatic amines is 1. The van der Waals surface area contributed by atoms with Crippen molar-refractivity contribution < 1.29 is 0 Å². The third kappa shape index (κ3) is 2.79. The number of hydrogen-bond acceptors (Lipinski definition) is 5. The van der Waals surface area contributed by atoms with Gasteiger partial charge in [0.05, 0.1) is 17.4 Å². The lowest BCUT2D eigenvalue weighted by atomic mass is 10.0. The minimum absolute atomic E-state index is 0.730. The van der Waals surface area contributed by atoms with Gasteiger partial charge in [-0.1, -0.05) is 18.2 Å². The minimum atomic E-state index is 0.730. The van der Waals surface area contributed by atoms with E-state index in [2.05, 4.69) is 62.2 Å². The molecule has 3 aromatic heterocycles. The largest absolute Gasteiger partial charge is 0.385 e. The molecular formula is C22H19N7. The zero-order chi connectivity index (χ0) is 19.2. The lowest BCUT2D eigenvalue weighted by Crippen LogP contribution is -2.11. The van der Waals surface area contributed by atoms with Gasteiger partial charge < -0.3 is 15.0 Å². The smallest absolute Gasteiger partial charge is 0.180 e. The molecule has 1 aliphatic heterocycles. The van der Waals surface area contributed by atoms with Gasteiger partial charge in [0.15, 0.2) is 11.5 Å². The van der Waals surface area contributed by atoms with Crippen molar-refractivity contribution in [1.82, 2.24) is 24.6 Å². The molecule has 7 heteroatoms. The molecule has 142 valence electrons. The predicted octanol–water partition coefficient (Wildman–Crippen LogP) is 4.37. The van der Waals surface area contributed by atoms with Gasteiger partial charge in [0, 0.05) is 47.5 Å². The van der Waals surface area contributed by atoms with Crippen molar-refractivity contribution in [2.75, 3.05) is 17.2 Å². The van der Waals surface area contributed by atoms with Crippen LogP contribution in [-0.4, -0.2) is 31.1 Å². The summed E-state index contributed by atoms with van der Waals surface area (Å²) >= 11 is 0. The molecule has 7 nitrogen and oxygen atoms in total. The molecule has 0 amide bonds. The zero-order valence-corrected chi connectivity index (χ0v) is 15.7. The van der Waals surface area contributed by atoms with Gasteiger partial charge in [-0.15, -0.1) is 0 Å². The molecule has 5 aromatic rings. The van der Waals surface area contributed by atoms with E-state index in [-0.39, 0.29) is 0 Å². The first kappa shape index (κ1) is 16.1. The van der Waals surface area contributed by atoms with Crippen LogP contribution in [0.2, 0.25) is 0 Å². The fourth-order valence-electron chi connectivity index (χ4n) is 3.93. The average molecular weight is 381 g/mol. The quantitative estimate of drug-likeness (QED) is 0.432. The number of aromatic nitrogens is 5. The van der Waals surface area contributed by atoms with Crippen molar-refractivity contribution in [3.63, 3.8) is 0 Å². The first-order valence-electron chi connectivity index (χ1n) is 9.74. The van der Waals surface area contributed by atoms with Crippen LogP contribution in [0.1, 0.15) is 12.0 Å². The summed E-state index contributed by atoms with van der Waals surface area (Å²) in [5.41, 5.74) is 7.23. The summed E-state index contributed by atoms with van der Waals surface area (Å²) in [5, 5.41) is 15.2. The lowest BCUT2D eigenvalue weighted by Gasteiger charge is -2.19. The summed E-state index contributed by atoms with van der Waals surface area (Å²) in [6.45, 7) is 1.02.